The van der Waals surface area contributed by atoms with Crippen LogP contribution in [-0.4, -0.2) is 10.9 Å². The van der Waals surface area contributed by atoms with E-state index in [1.807, 2.05) is 0 Å². The van der Waals surface area contributed by atoms with E-state index in [1.54, 1.807) is 12.1 Å². The van der Waals surface area contributed by atoms with Gasteiger partial charge in [-0.2, -0.15) is 13.2 Å². The molecule has 0 saturated carbocycles. The van der Waals surface area contributed by atoms with Gasteiger partial charge in [0, 0.05) is 12.6 Å². The lowest BCUT2D eigenvalue weighted by molar-refractivity contribution is -0.137. The van der Waals surface area contributed by atoms with E-state index in [0.717, 1.165) is 12.1 Å². The van der Waals surface area contributed by atoms with Gasteiger partial charge in [-0.15, -0.1) is 0 Å². The number of amides is 1. The van der Waals surface area contributed by atoms with Crippen LogP contribution in [-0.2, 0) is 12.6 Å². The van der Waals surface area contributed by atoms with Crippen LogP contribution in [0.3, 0.4) is 0 Å². The van der Waals surface area contributed by atoms with Gasteiger partial charge in [-0.3, -0.25) is 9.78 Å². The van der Waals surface area contributed by atoms with Gasteiger partial charge in [0.05, 0.1) is 16.8 Å². The van der Waals surface area contributed by atoms with Crippen molar-refractivity contribution in [1.82, 2.24) is 4.98 Å². The molecule has 0 atom stereocenters. The molecule has 0 aliphatic carbocycles. The third-order valence-electron chi connectivity index (χ3n) is 2.78. The zero-order chi connectivity index (χ0) is 14.8. The summed E-state index contributed by atoms with van der Waals surface area (Å²) in [4.78, 5) is 15.2. The highest BCUT2D eigenvalue weighted by Crippen LogP contribution is 2.30. The van der Waals surface area contributed by atoms with Crippen molar-refractivity contribution in [3.8, 4) is 0 Å². The number of rotatable bonds is 3. The predicted octanol–water partition coefficient (Wildman–Crippen LogP) is 2.79. The standard InChI is InChI=1S/C14H11F3N2O/c15-14(16,17)10-4-1-3-9(7-10)8-12-11(13(18)20)5-2-6-19-12/h1-7H,8H2,(H2,18,20). The highest BCUT2D eigenvalue weighted by molar-refractivity contribution is 5.93. The maximum atomic E-state index is 12.6. The van der Waals surface area contributed by atoms with Gasteiger partial charge in [0.2, 0.25) is 0 Å². The van der Waals surface area contributed by atoms with E-state index in [2.05, 4.69) is 4.98 Å². The maximum Gasteiger partial charge on any atom is 0.416 e. The number of hydrogen-bond acceptors (Lipinski definition) is 2. The van der Waals surface area contributed by atoms with E-state index in [-0.39, 0.29) is 12.0 Å². The Morgan fingerprint density at radius 2 is 1.95 bits per heavy atom. The van der Waals surface area contributed by atoms with Crippen LogP contribution >= 0.6 is 0 Å². The number of pyridine rings is 1. The number of alkyl halides is 3. The topological polar surface area (TPSA) is 56.0 Å². The fraction of sp³-hybridized carbons (Fsp3) is 0.143. The fourth-order valence-electron chi connectivity index (χ4n) is 1.85. The normalized spacial score (nSPS) is 11.3. The Morgan fingerprint density at radius 3 is 2.60 bits per heavy atom. The zero-order valence-corrected chi connectivity index (χ0v) is 10.3. The molecule has 0 aliphatic heterocycles. The van der Waals surface area contributed by atoms with Gasteiger partial charge in [-0.25, -0.2) is 0 Å². The van der Waals surface area contributed by atoms with Gasteiger partial charge in [-0.05, 0) is 23.8 Å². The van der Waals surface area contributed by atoms with E-state index in [4.69, 9.17) is 5.73 Å². The Morgan fingerprint density at radius 1 is 1.20 bits per heavy atom. The van der Waals surface area contributed by atoms with Crippen LogP contribution in [0.5, 0.6) is 0 Å². The van der Waals surface area contributed by atoms with Gasteiger partial charge in [0.1, 0.15) is 0 Å². The Labute approximate surface area is 113 Å². The molecule has 3 nitrogen and oxygen atoms in total. The second-order valence-electron chi connectivity index (χ2n) is 4.24. The molecule has 0 radical (unpaired) electrons. The molecule has 1 aromatic heterocycles. The molecule has 0 aliphatic rings. The number of aromatic nitrogens is 1. The van der Waals surface area contributed by atoms with Crippen LogP contribution in [0.15, 0.2) is 42.6 Å². The molecule has 1 amide bonds. The predicted molar refractivity (Wildman–Crippen MR) is 67.0 cm³/mol. The van der Waals surface area contributed by atoms with Crippen LogP contribution in [0.25, 0.3) is 0 Å². The average Bonchev–Trinajstić information content (AvgIpc) is 2.38. The minimum atomic E-state index is -4.40. The molecule has 104 valence electrons. The second-order valence-corrected chi connectivity index (χ2v) is 4.24. The lowest BCUT2D eigenvalue weighted by Crippen LogP contribution is -2.15. The molecular formula is C14H11F3N2O. The first kappa shape index (κ1) is 14.0. The van der Waals surface area contributed by atoms with Crippen molar-refractivity contribution in [1.29, 1.82) is 0 Å². The SMILES string of the molecule is NC(=O)c1cccnc1Cc1cccc(C(F)(F)F)c1. The molecule has 0 spiro atoms. The van der Waals surface area contributed by atoms with Crippen LogP contribution in [0.4, 0.5) is 13.2 Å². The summed E-state index contributed by atoms with van der Waals surface area (Å²) in [5.74, 6) is -0.653. The zero-order valence-electron chi connectivity index (χ0n) is 10.3. The molecule has 0 unspecified atom stereocenters. The van der Waals surface area contributed by atoms with Crippen molar-refractivity contribution in [2.45, 2.75) is 12.6 Å². The largest absolute Gasteiger partial charge is 0.416 e. The first-order valence-electron chi connectivity index (χ1n) is 5.78. The number of nitrogens with zero attached hydrogens (tertiary/aromatic N) is 1. The lowest BCUT2D eigenvalue weighted by atomic mass is 10.0. The van der Waals surface area contributed by atoms with Crippen LogP contribution < -0.4 is 5.73 Å². The summed E-state index contributed by atoms with van der Waals surface area (Å²) in [6.07, 6.45) is -2.81. The number of primary amides is 1. The van der Waals surface area contributed by atoms with Crippen LogP contribution in [0, 0.1) is 0 Å². The summed E-state index contributed by atoms with van der Waals surface area (Å²) in [5, 5.41) is 0. The van der Waals surface area contributed by atoms with Gasteiger partial charge >= 0.3 is 6.18 Å². The van der Waals surface area contributed by atoms with Gasteiger partial charge in [-0.1, -0.05) is 18.2 Å². The third kappa shape index (κ3) is 3.14. The fourth-order valence-corrected chi connectivity index (χ4v) is 1.85. The van der Waals surface area contributed by atoms with Crippen molar-refractivity contribution in [2.24, 2.45) is 5.73 Å². The molecule has 0 bridgehead atoms. The molecule has 6 heteroatoms. The molecule has 20 heavy (non-hydrogen) atoms. The molecule has 0 fully saturated rings. The summed E-state index contributed by atoms with van der Waals surface area (Å²) in [6, 6.07) is 7.96. The van der Waals surface area contributed by atoms with Crippen molar-refractivity contribution >= 4 is 5.91 Å². The number of carbonyl (C=O) groups is 1. The van der Waals surface area contributed by atoms with Gasteiger partial charge < -0.3 is 5.73 Å². The molecule has 1 aromatic carbocycles. The Bertz CT molecular complexity index is 638. The molecule has 0 saturated heterocycles. The van der Waals surface area contributed by atoms with Crippen molar-refractivity contribution in [2.75, 3.05) is 0 Å². The number of benzene rings is 1. The number of nitrogens with two attached hydrogens (primary N) is 1. The Kier molecular flexibility index (Phi) is 3.74. The van der Waals surface area contributed by atoms with Crippen LogP contribution in [0.1, 0.15) is 27.2 Å². The summed E-state index contributed by atoms with van der Waals surface area (Å²) >= 11 is 0. The van der Waals surface area contributed by atoms with Gasteiger partial charge in [0.25, 0.3) is 5.91 Å². The Balaban J connectivity index is 2.34. The summed E-state index contributed by atoms with van der Waals surface area (Å²) in [7, 11) is 0. The monoisotopic (exact) mass is 280 g/mol. The van der Waals surface area contributed by atoms with E-state index >= 15 is 0 Å². The highest BCUT2D eigenvalue weighted by Gasteiger charge is 2.30. The third-order valence-corrected chi connectivity index (χ3v) is 2.78. The Hall–Kier alpha value is -2.37. The molecule has 2 N–H and O–H groups in total. The van der Waals surface area contributed by atoms with Gasteiger partial charge in [0.15, 0.2) is 0 Å². The molecule has 1 heterocycles. The number of carbonyl (C=O) groups excluding carboxylic acids is 1. The average molecular weight is 280 g/mol. The van der Waals surface area contributed by atoms with E-state index in [1.165, 1.54) is 18.3 Å². The quantitative estimate of drug-likeness (QED) is 0.939. The lowest BCUT2D eigenvalue weighted by Gasteiger charge is -2.09. The first-order chi connectivity index (χ1) is 9.38. The molecule has 2 aromatic rings. The van der Waals surface area contributed by atoms with Crippen molar-refractivity contribution < 1.29 is 18.0 Å². The summed E-state index contributed by atoms with van der Waals surface area (Å²) in [5.41, 5.74) is 5.47. The number of halogens is 3. The minimum absolute atomic E-state index is 0.114. The van der Waals surface area contributed by atoms with E-state index < -0.39 is 17.6 Å². The highest BCUT2D eigenvalue weighted by atomic mass is 19.4. The van der Waals surface area contributed by atoms with Crippen LogP contribution in [0.2, 0.25) is 0 Å². The van der Waals surface area contributed by atoms with Crippen molar-refractivity contribution in [3.05, 3.63) is 65.0 Å². The maximum absolute atomic E-state index is 12.6. The summed E-state index contributed by atoms with van der Waals surface area (Å²) < 4.78 is 37.9. The second kappa shape index (κ2) is 5.32. The molecule has 2 rings (SSSR count). The molecular weight excluding hydrogens is 269 g/mol. The number of hydrogen-bond donors (Lipinski definition) is 1. The van der Waals surface area contributed by atoms with E-state index in [0.29, 0.717) is 11.3 Å². The van der Waals surface area contributed by atoms with Crippen molar-refractivity contribution in [3.63, 3.8) is 0 Å². The minimum Gasteiger partial charge on any atom is -0.366 e. The van der Waals surface area contributed by atoms with E-state index in [9.17, 15) is 18.0 Å². The first-order valence-corrected chi connectivity index (χ1v) is 5.78. The smallest absolute Gasteiger partial charge is 0.366 e. The summed E-state index contributed by atoms with van der Waals surface area (Å²) in [6.45, 7) is 0.